The van der Waals surface area contributed by atoms with E-state index in [1.54, 1.807) is 21.8 Å². The fraction of sp³-hybridized carbons (Fsp3) is 0.240. The Morgan fingerprint density at radius 2 is 1.81 bits per heavy atom. The molecule has 0 spiro atoms. The first-order chi connectivity index (χ1) is 15.7. The van der Waals surface area contributed by atoms with Crippen molar-refractivity contribution < 1.29 is 9.21 Å². The first-order valence-electron chi connectivity index (χ1n) is 10.6. The van der Waals surface area contributed by atoms with Crippen LogP contribution in [0, 0.1) is 0 Å². The number of para-hydroxylation sites is 1. The zero-order valence-corrected chi connectivity index (χ0v) is 18.8. The third-order valence-electron chi connectivity index (χ3n) is 5.09. The molecule has 7 heteroatoms. The number of hydrogen-bond acceptors (Lipinski definition) is 5. The molecule has 164 valence electrons. The molecule has 32 heavy (non-hydrogen) atoms. The molecule has 0 fully saturated rings. The maximum Gasteiger partial charge on any atom is 0.262 e. The van der Waals surface area contributed by atoms with E-state index in [1.807, 2.05) is 67.6 Å². The summed E-state index contributed by atoms with van der Waals surface area (Å²) in [5, 5.41) is 1.17. The van der Waals surface area contributed by atoms with Gasteiger partial charge in [-0.15, -0.1) is 0 Å². The lowest BCUT2D eigenvalue weighted by molar-refractivity contribution is -0.129. The minimum absolute atomic E-state index is 0.0410. The second-order valence-electron chi connectivity index (χ2n) is 7.47. The van der Waals surface area contributed by atoms with Crippen LogP contribution >= 0.6 is 11.8 Å². The standard InChI is InChI=1S/C25H25N3O3S/c1-2-14-28-24(30)21-12-6-7-13-22(21)26-25(28)32-18-23(29)27(17-20-11-8-15-31-20)16-19-9-4-3-5-10-19/h3-13,15H,2,14,16-18H2,1H3. The maximum absolute atomic E-state index is 13.2. The Bertz CT molecular complexity index is 1240. The number of hydrogen-bond donors (Lipinski definition) is 0. The molecular formula is C25H25N3O3S. The molecule has 0 aliphatic heterocycles. The molecule has 0 saturated heterocycles. The normalized spacial score (nSPS) is 11.0. The number of nitrogens with zero attached hydrogens (tertiary/aromatic N) is 3. The van der Waals surface area contributed by atoms with Crippen LogP contribution in [0.3, 0.4) is 0 Å². The monoisotopic (exact) mass is 447 g/mol. The van der Waals surface area contributed by atoms with Gasteiger partial charge in [0.15, 0.2) is 5.16 Å². The number of thioether (sulfide) groups is 1. The van der Waals surface area contributed by atoms with Gasteiger partial charge in [-0.05, 0) is 36.2 Å². The first-order valence-corrected chi connectivity index (χ1v) is 11.6. The van der Waals surface area contributed by atoms with Gasteiger partial charge in [-0.3, -0.25) is 14.2 Å². The van der Waals surface area contributed by atoms with Gasteiger partial charge in [-0.25, -0.2) is 4.98 Å². The van der Waals surface area contributed by atoms with E-state index in [2.05, 4.69) is 4.98 Å². The van der Waals surface area contributed by atoms with Gasteiger partial charge in [0.05, 0.1) is 29.5 Å². The van der Waals surface area contributed by atoms with E-state index >= 15 is 0 Å². The van der Waals surface area contributed by atoms with E-state index in [4.69, 9.17) is 4.42 Å². The third kappa shape index (κ3) is 5.11. The van der Waals surface area contributed by atoms with Crippen molar-refractivity contribution >= 4 is 28.6 Å². The van der Waals surface area contributed by atoms with Gasteiger partial charge in [-0.1, -0.05) is 61.2 Å². The van der Waals surface area contributed by atoms with Crippen molar-refractivity contribution in [1.82, 2.24) is 14.5 Å². The highest BCUT2D eigenvalue weighted by Gasteiger charge is 2.18. The Kier molecular flexibility index (Phi) is 7.07. The molecule has 0 unspecified atom stereocenters. The second-order valence-corrected chi connectivity index (χ2v) is 8.41. The largest absolute Gasteiger partial charge is 0.467 e. The Morgan fingerprint density at radius 3 is 2.56 bits per heavy atom. The summed E-state index contributed by atoms with van der Waals surface area (Å²) < 4.78 is 7.15. The predicted octanol–water partition coefficient (Wildman–Crippen LogP) is 4.72. The van der Waals surface area contributed by atoms with Crippen LogP contribution in [-0.2, 0) is 24.4 Å². The van der Waals surface area contributed by atoms with Crippen molar-refractivity contribution in [2.45, 2.75) is 38.1 Å². The molecule has 4 rings (SSSR count). The molecule has 4 aromatic rings. The number of furan rings is 1. The van der Waals surface area contributed by atoms with Gasteiger partial charge in [-0.2, -0.15) is 0 Å². The second kappa shape index (κ2) is 10.3. The Balaban J connectivity index is 1.56. The highest BCUT2D eigenvalue weighted by Crippen LogP contribution is 2.20. The minimum Gasteiger partial charge on any atom is -0.467 e. The first kappa shape index (κ1) is 21.9. The van der Waals surface area contributed by atoms with Gasteiger partial charge in [0.25, 0.3) is 5.56 Å². The average molecular weight is 448 g/mol. The topological polar surface area (TPSA) is 68.3 Å². The maximum atomic E-state index is 13.2. The number of aromatic nitrogens is 2. The molecule has 0 saturated carbocycles. The van der Waals surface area contributed by atoms with Gasteiger partial charge in [0.1, 0.15) is 5.76 Å². The lowest BCUT2D eigenvalue weighted by Gasteiger charge is -2.22. The summed E-state index contributed by atoms with van der Waals surface area (Å²) in [5.74, 6) is 0.869. The van der Waals surface area contributed by atoms with Gasteiger partial charge in [0, 0.05) is 13.1 Å². The molecule has 0 radical (unpaired) electrons. The van der Waals surface area contributed by atoms with Gasteiger partial charge >= 0.3 is 0 Å². The van der Waals surface area contributed by atoms with Crippen LogP contribution in [0.2, 0.25) is 0 Å². The number of amides is 1. The van der Waals surface area contributed by atoms with E-state index in [0.29, 0.717) is 35.7 Å². The molecule has 1 amide bonds. The Hall–Kier alpha value is -3.32. The van der Waals surface area contributed by atoms with E-state index < -0.39 is 0 Å². The molecule has 0 atom stereocenters. The molecule has 6 nitrogen and oxygen atoms in total. The average Bonchev–Trinajstić information content (AvgIpc) is 3.33. The fourth-order valence-corrected chi connectivity index (χ4v) is 4.45. The van der Waals surface area contributed by atoms with Crippen molar-refractivity contribution in [3.8, 4) is 0 Å². The quantitative estimate of drug-likeness (QED) is 0.274. The number of fused-ring (bicyclic) bond motifs is 1. The van der Waals surface area contributed by atoms with E-state index in [-0.39, 0.29) is 17.2 Å². The Morgan fingerprint density at radius 1 is 1.03 bits per heavy atom. The summed E-state index contributed by atoms with van der Waals surface area (Å²) in [6.07, 6.45) is 2.41. The van der Waals surface area contributed by atoms with Crippen molar-refractivity contribution in [2.75, 3.05) is 5.75 Å². The number of benzene rings is 2. The van der Waals surface area contributed by atoms with E-state index in [9.17, 15) is 9.59 Å². The Labute approximate surface area is 190 Å². The number of carbonyl (C=O) groups is 1. The summed E-state index contributed by atoms with van der Waals surface area (Å²) >= 11 is 1.31. The van der Waals surface area contributed by atoms with Crippen LogP contribution in [0.25, 0.3) is 10.9 Å². The molecular weight excluding hydrogens is 422 g/mol. The summed E-state index contributed by atoms with van der Waals surface area (Å²) in [5.41, 5.74) is 1.63. The van der Waals surface area contributed by atoms with Crippen molar-refractivity contribution in [1.29, 1.82) is 0 Å². The summed E-state index contributed by atoms with van der Waals surface area (Å²) in [6.45, 7) is 3.45. The van der Waals surface area contributed by atoms with Gasteiger partial charge in [0.2, 0.25) is 5.91 Å². The van der Waals surface area contributed by atoms with Gasteiger partial charge < -0.3 is 9.32 Å². The van der Waals surface area contributed by atoms with Crippen LogP contribution in [0.15, 0.2) is 87.4 Å². The lowest BCUT2D eigenvalue weighted by Crippen LogP contribution is -2.32. The van der Waals surface area contributed by atoms with Crippen LogP contribution in [0.5, 0.6) is 0 Å². The zero-order valence-electron chi connectivity index (χ0n) is 17.9. The molecule has 0 bridgehead atoms. The van der Waals surface area contributed by atoms with Crippen LogP contribution < -0.4 is 5.56 Å². The highest BCUT2D eigenvalue weighted by atomic mass is 32.2. The zero-order chi connectivity index (χ0) is 22.3. The van der Waals surface area contributed by atoms with Crippen molar-refractivity contribution in [2.24, 2.45) is 0 Å². The molecule has 0 aliphatic carbocycles. The minimum atomic E-state index is -0.0656. The fourth-order valence-electron chi connectivity index (χ4n) is 3.52. The summed E-state index contributed by atoms with van der Waals surface area (Å²) in [7, 11) is 0. The third-order valence-corrected chi connectivity index (χ3v) is 6.06. The molecule has 0 N–H and O–H groups in total. The van der Waals surface area contributed by atoms with Crippen molar-refractivity contribution in [3.63, 3.8) is 0 Å². The SMILES string of the molecule is CCCn1c(SCC(=O)N(Cc2ccccc2)Cc2ccco2)nc2ccccc2c1=O. The van der Waals surface area contributed by atoms with Crippen LogP contribution in [-0.4, -0.2) is 26.1 Å². The highest BCUT2D eigenvalue weighted by molar-refractivity contribution is 7.99. The summed E-state index contributed by atoms with van der Waals surface area (Å²) in [4.78, 5) is 32.6. The van der Waals surface area contributed by atoms with Crippen LogP contribution in [0.4, 0.5) is 0 Å². The van der Waals surface area contributed by atoms with E-state index in [0.717, 1.165) is 17.7 Å². The number of rotatable bonds is 9. The smallest absolute Gasteiger partial charge is 0.262 e. The van der Waals surface area contributed by atoms with Crippen LogP contribution in [0.1, 0.15) is 24.7 Å². The lowest BCUT2D eigenvalue weighted by atomic mass is 10.2. The number of carbonyl (C=O) groups excluding carboxylic acids is 1. The molecule has 2 aromatic heterocycles. The molecule has 2 heterocycles. The van der Waals surface area contributed by atoms with Crippen molar-refractivity contribution in [3.05, 3.63) is 94.7 Å². The summed E-state index contributed by atoms with van der Waals surface area (Å²) in [6, 6.07) is 20.9. The molecule has 2 aromatic carbocycles. The predicted molar refractivity (Wildman–Crippen MR) is 126 cm³/mol. The van der Waals surface area contributed by atoms with E-state index in [1.165, 1.54) is 11.8 Å². The molecule has 0 aliphatic rings.